The van der Waals surface area contributed by atoms with Crippen molar-refractivity contribution >= 4 is 0 Å². The second-order valence-electron chi connectivity index (χ2n) is 7.75. The molecule has 1 heteroatoms. The van der Waals surface area contributed by atoms with E-state index < -0.39 is 0 Å². The second kappa shape index (κ2) is 7.11. The van der Waals surface area contributed by atoms with E-state index in [-0.39, 0.29) is 6.10 Å². The molecule has 1 aliphatic carbocycles. The van der Waals surface area contributed by atoms with Crippen molar-refractivity contribution in [1.82, 2.24) is 0 Å². The van der Waals surface area contributed by atoms with Crippen molar-refractivity contribution in [1.29, 1.82) is 0 Å². The maximum atomic E-state index is 10.3. The standard InChI is InChI=1S/C18H36O/c1-6-7-8-9-10-11-12-13-14-15(19)16-17(2,3)18(16,4)5/h15-16,19H,6-14H2,1-5H3. The van der Waals surface area contributed by atoms with Crippen LogP contribution >= 0.6 is 0 Å². The summed E-state index contributed by atoms with van der Waals surface area (Å²) < 4.78 is 0. The average Bonchev–Trinajstić information content (AvgIpc) is 2.73. The fourth-order valence-corrected chi connectivity index (χ4v) is 3.86. The van der Waals surface area contributed by atoms with E-state index in [4.69, 9.17) is 0 Å². The monoisotopic (exact) mass is 268 g/mol. The largest absolute Gasteiger partial charge is 0.393 e. The van der Waals surface area contributed by atoms with Crippen LogP contribution in [-0.4, -0.2) is 11.2 Å². The van der Waals surface area contributed by atoms with E-state index in [2.05, 4.69) is 34.6 Å². The first kappa shape index (κ1) is 17.0. The highest BCUT2D eigenvalue weighted by Crippen LogP contribution is 2.70. The zero-order valence-electron chi connectivity index (χ0n) is 14.0. The predicted molar refractivity (Wildman–Crippen MR) is 84.3 cm³/mol. The summed E-state index contributed by atoms with van der Waals surface area (Å²) in [5.74, 6) is 0.504. The van der Waals surface area contributed by atoms with Crippen molar-refractivity contribution in [3.63, 3.8) is 0 Å². The number of aliphatic hydroxyl groups excluding tert-OH is 1. The van der Waals surface area contributed by atoms with Crippen LogP contribution in [0.2, 0.25) is 0 Å². The zero-order chi connectivity index (χ0) is 14.5. The number of aliphatic hydroxyl groups is 1. The molecule has 0 saturated heterocycles. The minimum Gasteiger partial charge on any atom is -0.393 e. The van der Waals surface area contributed by atoms with Gasteiger partial charge in [-0.05, 0) is 23.2 Å². The van der Waals surface area contributed by atoms with Crippen LogP contribution in [-0.2, 0) is 0 Å². The van der Waals surface area contributed by atoms with Gasteiger partial charge in [0.05, 0.1) is 6.10 Å². The molecule has 1 atom stereocenters. The lowest BCUT2D eigenvalue weighted by molar-refractivity contribution is 0.117. The predicted octanol–water partition coefficient (Wildman–Crippen LogP) is 5.56. The molecule has 1 saturated carbocycles. The van der Waals surface area contributed by atoms with Gasteiger partial charge in [-0.2, -0.15) is 0 Å². The highest BCUT2D eigenvalue weighted by molar-refractivity contribution is 5.14. The Labute approximate surface area is 121 Å². The van der Waals surface area contributed by atoms with E-state index in [0.29, 0.717) is 16.7 Å². The molecule has 114 valence electrons. The summed E-state index contributed by atoms with van der Waals surface area (Å²) >= 11 is 0. The number of hydrogen-bond donors (Lipinski definition) is 1. The van der Waals surface area contributed by atoms with Crippen molar-refractivity contribution in [2.45, 2.75) is 98.5 Å². The van der Waals surface area contributed by atoms with Gasteiger partial charge in [-0.25, -0.2) is 0 Å². The highest BCUT2D eigenvalue weighted by Gasteiger charge is 2.66. The van der Waals surface area contributed by atoms with Gasteiger partial charge in [-0.1, -0.05) is 86.0 Å². The molecule has 0 heterocycles. The Hall–Kier alpha value is -0.0400. The molecule has 1 nitrogen and oxygen atoms in total. The van der Waals surface area contributed by atoms with Gasteiger partial charge in [0.25, 0.3) is 0 Å². The molecule has 0 aromatic heterocycles. The minimum absolute atomic E-state index is 0.0786. The molecule has 1 unspecified atom stereocenters. The molecular formula is C18H36O. The van der Waals surface area contributed by atoms with Crippen LogP contribution in [0.1, 0.15) is 92.4 Å². The van der Waals surface area contributed by atoms with Crippen molar-refractivity contribution in [2.75, 3.05) is 0 Å². The fraction of sp³-hybridized carbons (Fsp3) is 1.00. The van der Waals surface area contributed by atoms with E-state index in [1.54, 1.807) is 0 Å². The zero-order valence-corrected chi connectivity index (χ0v) is 14.0. The second-order valence-corrected chi connectivity index (χ2v) is 7.75. The molecule has 1 aliphatic rings. The topological polar surface area (TPSA) is 20.2 Å². The van der Waals surface area contributed by atoms with Crippen LogP contribution in [0.5, 0.6) is 0 Å². The molecule has 0 aliphatic heterocycles. The van der Waals surface area contributed by atoms with Gasteiger partial charge in [-0.15, -0.1) is 0 Å². The summed E-state index contributed by atoms with van der Waals surface area (Å²) in [6.45, 7) is 11.5. The van der Waals surface area contributed by atoms with E-state index >= 15 is 0 Å². The van der Waals surface area contributed by atoms with Gasteiger partial charge in [0.15, 0.2) is 0 Å². The Balaban J connectivity index is 2.02. The van der Waals surface area contributed by atoms with Crippen LogP contribution in [0.3, 0.4) is 0 Å². The van der Waals surface area contributed by atoms with Gasteiger partial charge in [-0.3, -0.25) is 0 Å². The third-order valence-corrected chi connectivity index (χ3v) is 5.87. The van der Waals surface area contributed by atoms with Crippen LogP contribution in [0.25, 0.3) is 0 Å². The number of hydrogen-bond acceptors (Lipinski definition) is 1. The lowest BCUT2D eigenvalue weighted by Gasteiger charge is -2.12. The van der Waals surface area contributed by atoms with E-state index in [1.165, 1.54) is 51.4 Å². The lowest BCUT2D eigenvalue weighted by atomic mass is 10.00. The van der Waals surface area contributed by atoms with Gasteiger partial charge >= 0.3 is 0 Å². The Morgan fingerprint density at radius 3 is 1.63 bits per heavy atom. The van der Waals surface area contributed by atoms with Gasteiger partial charge in [0.2, 0.25) is 0 Å². The normalized spacial score (nSPS) is 22.4. The molecule has 1 rings (SSSR count). The lowest BCUT2D eigenvalue weighted by Crippen LogP contribution is -2.14. The highest BCUT2D eigenvalue weighted by atomic mass is 16.3. The maximum Gasteiger partial charge on any atom is 0.0579 e. The first-order chi connectivity index (χ1) is 8.85. The Morgan fingerprint density at radius 1 is 0.789 bits per heavy atom. The summed E-state index contributed by atoms with van der Waals surface area (Å²) in [5, 5.41) is 10.3. The molecule has 0 aromatic carbocycles. The molecule has 0 amide bonds. The fourth-order valence-electron chi connectivity index (χ4n) is 3.86. The van der Waals surface area contributed by atoms with Crippen molar-refractivity contribution in [3.05, 3.63) is 0 Å². The third kappa shape index (κ3) is 4.21. The van der Waals surface area contributed by atoms with Gasteiger partial charge < -0.3 is 5.11 Å². The molecule has 1 fully saturated rings. The van der Waals surface area contributed by atoms with Crippen molar-refractivity contribution in [2.24, 2.45) is 16.7 Å². The summed E-state index contributed by atoms with van der Waals surface area (Å²) in [5.41, 5.74) is 0.652. The van der Waals surface area contributed by atoms with Crippen LogP contribution in [0, 0.1) is 16.7 Å². The summed E-state index contributed by atoms with van der Waals surface area (Å²) in [6, 6.07) is 0. The summed E-state index contributed by atoms with van der Waals surface area (Å²) in [4.78, 5) is 0. The Morgan fingerprint density at radius 2 is 1.21 bits per heavy atom. The number of rotatable bonds is 10. The first-order valence-corrected chi connectivity index (χ1v) is 8.53. The van der Waals surface area contributed by atoms with Crippen molar-refractivity contribution in [3.8, 4) is 0 Å². The first-order valence-electron chi connectivity index (χ1n) is 8.53. The Bertz CT molecular complexity index is 240. The molecule has 0 aromatic rings. The van der Waals surface area contributed by atoms with Gasteiger partial charge in [0, 0.05) is 0 Å². The summed E-state index contributed by atoms with van der Waals surface area (Å²) in [7, 11) is 0. The van der Waals surface area contributed by atoms with Crippen molar-refractivity contribution < 1.29 is 5.11 Å². The molecule has 1 N–H and O–H groups in total. The SMILES string of the molecule is CCCCCCCCCCC(O)C1C(C)(C)C1(C)C. The average molecular weight is 268 g/mol. The van der Waals surface area contributed by atoms with Gasteiger partial charge in [0.1, 0.15) is 0 Å². The maximum absolute atomic E-state index is 10.3. The number of unbranched alkanes of at least 4 members (excludes halogenated alkanes) is 7. The molecule has 0 radical (unpaired) electrons. The van der Waals surface area contributed by atoms with E-state index in [1.807, 2.05) is 0 Å². The quantitative estimate of drug-likeness (QED) is 0.514. The Kier molecular flexibility index (Phi) is 6.36. The summed E-state index contributed by atoms with van der Waals surface area (Å²) in [6.07, 6.45) is 11.7. The smallest absolute Gasteiger partial charge is 0.0579 e. The van der Waals surface area contributed by atoms with Crippen LogP contribution < -0.4 is 0 Å². The molecule has 19 heavy (non-hydrogen) atoms. The minimum atomic E-state index is -0.0786. The van der Waals surface area contributed by atoms with Crippen LogP contribution in [0.15, 0.2) is 0 Å². The molecular weight excluding hydrogens is 232 g/mol. The molecule has 0 bridgehead atoms. The van der Waals surface area contributed by atoms with E-state index in [0.717, 1.165) is 6.42 Å². The van der Waals surface area contributed by atoms with E-state index in [9.17, 15) is 5.11 Å². The third-order valence-electron chi connectivity index (χ3n) is 5.87. The molecule has 0 spiro atoms. The van der Waals surface area contributed by atoms with Crippen LogP contribution in [0.4, 0.5) is 0 Å².